The molecule has 0 saturated carbocycles. The standard InChI is InChI=1S/C13H11NS/c1-14-12-8-4-2-6-10(12)11-7-3-5-9-13(11)15-14/h2-9H,1H3. The summed E-state index contributed by atoms with van der Waals surface area (Å²) in [6.07, 6.45) is 0. The molecule has 0 bridgehead atoms. The molecule has 74 valence electrons. The van der Waals surface area contributed by atoms with Crippen LogP contribution in [0.15, 0.2) is 53.4 Å². The van der Waals surface area contributed by atoms with Crippen molar-refractivity contribution in [2.24, 2.45) is 0 Å². The molecule has 0 radical (unpaired) electrons. The molecule has 2 aromatic rings. The quantitative estimate of drug-likeness (QED) is 0.612. The first kappa shape index (κ1) is 8.86. The zero-order valence-corrected chi connectivity index (χ0v) is 9.29. The fourth-order valence-electron chi connectivity index (χ4n) is 1.94. The largest absolute Gasteiger partial charge is 0.315 e. The Bertz CT molecular complexity index is 507. The third-order valence-corrected chi connectivity index (χ3v) is 3.68. The number of anilines is 1. The topological polar surface area (TPSA) is 3.24 Å². The SMILES string of the molecule is CN1Sc2ccccc2-c2ccccc21. The van der Waals surface area contributed by atoms with Gasteiger partial charge in [0, 0.05) is 17.5 Å². The molecule has 1 heterocycles. The molecule has 0 saturated heterocycles. The highest BCUT2D eigenvalue weighted by atomic mass is 32.2. The van der Waals surface area contributed by atoms with E-state index in [1.165, 1.54) is 21.7 Å². The Morgan fingerprint density at radius 3 is 2.40 bits per heavy atom. The molecule has 2 aromatic carbocycles. The fourth-order valence-corrected chi connectivity index (χ4v) is 2.91. The molecule has 15 heavy (non-hydrogen) atoms. The van der Waals surface area contributed by atoms with Crippen LogP contribution in [-0.4, -0.2) is 7.05 Å². The van der Waals surface area contributed by atoms with Gasteiger partial charge in [-0.05, 0) is 29.6 Å². The second-order valence-electron chi connectivity index (χ2n) is 3.60. The van der Waals surface area contributed by atoms with E-state index in [0.717, 1.165) is 0 Å². The first-order valence-corrected chi connectivity index (χ1v) is 5.74. The Balaban J connectivity index is 2.30. The summed E-state index contributed by atoms with van der Waals surface area (Å²) >= 11 is 1.79. The zero-order chi connectivity index (χ0) is 10.3. The summed E-state index contributed by atoms with van der Waals surface area (Å²) in [5.74, 6) is 0. The molecule has 2 heteroatoms. The van der Waals surface area contributed by atoms with Gasteiger partial charge >= 0.3 is 0 Å². The summed E-state index contributed by atoms with van der Waals surface area (Å²) in [5.41, 5.74) is 3.96. The molecule has 0 aliphatic carbocycles. The smallest absolute Gasteiger partial charge is 0.0548 e. The first-order chi connectivity index (χ1) is 7.36. The van der Waals surface area contributed by atoms with Crippen LogP contribution in [0.2, 0.25) is 0 Å². The summed E-state index contributed by atoms with van der Waals surface area (Å²) in [5, 5.41) is 0. The third kappa shape index (κ3) is 1.33. The molecule has 1 aliphatic heterocycles. The average molecular weight is 213 g/mol. The third-order valence-electron chi connectivity index (χ3n) is 2.66. The number of hydrogen-bond donors (Lipinski definition) is 0. The average Bonchev–Trinajstić information content (AvgIpc) is 2.30. The van der Waals surface area contributed by atoms with E-state index in [1.807, 2.05) is 0 Å². The van der Waals surface area contributed by atoms with Gasteiger partial charge in [0.15, 0.2) is 0 Å². The molecule has 0 amide bonds. The van der Waals surface area contributed by atoms with Gasteiger partial charge in [0.1, 0.15) is 0 Å². The predicted octanol–water partition coefficient (Wildman–Crippen LogP) is 3.81. The summed E-state index contributed by atoms with van der Waals surface area (Å²) < 4.78 is 2.22. The lowest BCUT2D eigenvalue weighted by atomic mass is 10.0. The van der Waals surface area contributed by atoms with Gasteiger partial charge in [-0.3, -0.25) is 0 Å². The molecule has 1 aliphatic rings. The van der Waals surface area contributed by atoms with Crippen molar-refractivity contribution >= 4 is 17.6 Å². The minimum atomic E-state index is 1.29. The van der Waals surface area contributed by atoms with E-state index in [-0.39, 0.29) is 0 Å². The van der Waals surface area contributed by atoms with E-state index in [2.05, 4.69) is 59.9 Å². The van der Waals surface area contributed by atoms with Crippen molar-refractivity contribution in [2.45, 2.75) is 4.90 Å². The molecule has 3 rings (SSSR count). The number of benzene rings is 2. The summed E-state index contributed by atoms with van der Waals surface area (Å²) in [6.45, 7) is 0. The van der Waals surface area contributed by atoms with Gasteiger partial charge in [-0.15, -0.1) is 0 Å². The molecular weight excluding hydrogens is 202 g/mol. The van der Waals surface area contributed by atoms with Crippen molar-refractivity contribution in [3.63, 3.8) is 0 Å². The highest BCUT2D eigenvalue weighted by molar-refractivity contribution is 8.00. The van der Waals surface area contributed by atoms with Crippen LogP contribution in [0.5, 0.6) is 0 Å². The van der Waals surface area contributed by atoms with E-state index in [4.69, 9.17) is 0 Å². The predicted molar refractivity (Wildman–Crippen MR) is 66.1 cm³/mol. The van der Waals surface area contributed by atoms with E-state index in [0.29, 0.717) is 0 Å². The van der Waals surface area contributed by atoms with Crippen molar-refractivity contribution in [1.29, 1.82) is 0 Å². The molecule has 0 spiro atoms. The van der Waals surface area contributed by atoms with Gasteiger partial charge in [0.2, 0.25) is 0 Å². The van der Waals surface area contributed by atoms with Crippen LogP contribution in [0, 0.1) is 0 Å². The minimum Gasteiger partial charge on any atom is -0.315 e. The first-order valence-electron chi connectivity index (χ1n) is 4.96. The van der Waals surface area contributed by atoms with Crippen molar-refractivity contribution in [3.8, 4) is 11.1 Å². The molecule has 1 nitrogen and oxygen atoms in total. The lowest BCUT2D eigenvalue weighted by Gasteiger charge is -2.27. The van der Waals surface area contributed by atoms with E-state index in [1.54, 1.807) is 11.9 Å². The Hall–Kier alpha value is -1.41. The van der Waals surface area contributed by atoms with Gasteiger partial charge in [-0.25, -0.2) is 0 Å². The molecule has 0 aromatic heterocycles. The number of fused-ring (bicyclic) bond motifs is 3. The lowest BCUT2D eigenvalue weighted by Crippen LogP contribution is -2.11. The van der Waals surface area contributed by atoms with Crippen LogP contribution in [0.1, 0.15) is 0 Å². The fraction of sp³-hybridized carbons (Fsp3) is 0.0769. The molecule has 0 N–H and O–H groups in total. The van der Waals surface area contributed by atoms with E-state index >= 15 is 0 Å². The van der Waals surface area contributed by atoms with Crippen molar-refractivity contribution < 1.29 is 0 Å². The second-order valence-corrected chi connectivity index (χ2v) is 4.77. The van der Waals surface area contributed by atoms with Crippen LogP contribution in [-0.2, 0) is 0 Å². The molecule has 0 fully saturated rings. The van der Waals surface area contributed by atoms with Crippen LogP contribution >= 0.6 is 11.9 Å². The summed E-state index contributed by atoms with van der Waals surface area (Å²) in [6, 6.07) is 17.1. The monoisotopic (exact) mass is 213 g/mol. The number of hydrogen-bond acceptors (Lipinski definition) is 2. The van der Waals surface area contributed by atoms with Crippen molar-refractivity contribution in [2.75, 3.05) is 11.4 Å². The van der Waals surface area contributed by atoms with Gasteiger partial charge in [0.05, 0.1) is 5.69 Å². The molecular formula is C13H11NS. The summed E-state index contributed by atoms with van der Waals surface area (Å²) in [7, 11) is 2.11. The van der Waals surface area contributed by atoms with Crippen LogP contribution in [0.3, 0.4) is 0 Å². The summed E-state index contributed by atoms with van der Waals surface area (Å²) in [4.78, 5) is 1.33. The zero-order valence-electron chi connectivity index (χ0n) is 8.47. The molecule has 0 atom stereocenters. The number of para-hydroxylation sites is 1. The van der Waals surface area contributed by atoms with Gasteiger partial charge in [0.25, 0.3) is 0 Å². The van der Waals surface area contributed by atoms with E-state index in [9.17, 15) is 0 Å². The Morgan fingerprint density at radius 1 is 0.867 bits per heavy atom. The number of rotatable bonds is 0. The van der Waals surface area contributed by atoms with Gasteiger partial charge < -0.3 is 4.31 Å². The van der Waals surface area contributed by atoms with Gasteiger partial charge in [-0.2, -0.15) is 0 Å². The second kappa shape index (κ2) is 3.31. The Kier molecular flexibility index (Phi) is 1.96. The molecule has 0 unspecified atom stereocenters. The highest BCUT2D eigenvalue weighted by Gasteiger charge is 2.18. The maximum atomic E-state index is 2.22. The lowest BCUT2D eigenvalue weighted by molar-refractivity contribution is 1.30. The Morgan fingerprint density at radius 2 is 1.53 bits per heavy atom. The van der Waals surface area contributed by atoms with Crippen molar-refractivity contribution in [1.82, 2.24) is 0 Å². The Labute approximate surface area is 93.9 Å². The number of nitrogens with zero attached hydrogens (tertiary/aromatic N) is 1. The van der Waals surface area contributed by atoms with Gasteiger partial charge in [-0.1, -0.05) is 36.4 Å². The van der Waals surface area contributed by atoms with Crippen LogP contribution in [0.4, 0.5) is 5.69 Å². The minimum absolute atomic E-state index is 1.29. The van der Waals surface area contributed by atoms with Crippen LogP contribution < -0.4 is 4.31 Å². The normalized spacial score (nSPS) is 13.3. The van der Waals surface area contributed by atoms with Crippen molar-refractivity contribution in [3.05, 3.63) is 48.5 Å². The maximum Gasteiger partial charge on any atom is 0.0548 e. The van der Waals surface area contributed by atoms with Crippen LogP contribution in [0.25, 0.3) is 11.1 Å². The highest BCUT2D eigenvalue weighted by Crippen LogP contribution is 2.44. The van der Waals surface area contributed by atoms with E-state index < -0.39 is 0 Å². The maximum absolute atomic E-state index is 2.22.